The van der Waals surface area contributed by atoms with E-state index in [0.29, 0.717) is 22.9 Å². The molecule has 0 aliphatic rings. The molecule has 0 unspecified atom stereocenters. The fraction of sp³-hybridized carbons (Fsp3) is 0.200. The number of hydrogen-bond acceptors (Lipinski definition) is 3. The SMILES string of the molecule is CCCOc1cccc(Sc2cc(F)ccc2F)c1N. The van der Waals surface area contributed by atoms with Crippen LogP contribution in [0.3, 0.4) is 0 Å². The molecule has 0 saturated heterocycles. The number of ether oxygens (including phenoxy) is 1. The van der Waals surface area contributed by atoms with Crippen molar-refractivity contribution >= 4 is 17.4 Å². The summed E-state index contributed by atoms with van der Waals surface area (Å²) in [5.41, 5.74) is 6.44. The second-order valence-corrected chi connectivity index (χ2v) is 5.28. The van der Waals surface area contributed by atoms with Crippen LogP contribution in [0.1, 0.15) is 13.3 Å². The van der Waals surface area contributed by atoms with E-state index >= 15 is 0 Å². The molecule has 0 heterocycles. The highest BCUT2D eigenvalue weighted by Gasteiger charge is 2.11. The Morgan fingerprint density at radius 2 is 1.95 bits per heavy atom. The Bertz CT molecular complexity index is 604. The maximum absolute atomic E-state index is 13.6. The van der Waals surface area contributed by atoms with Crippen LogP contribution in [0.15, 0.2) is 46.2 Å². The highest BCUT2D eigenvalue weighted by Crippen LogP contribution is 2.38. The van der Waals surface area contributed by atoms with E-state index in [4.69, 9.17) is 10.5 Å². The smallest absolute Gasteiger partial charge is 0.143 e. The molecule has 2 nitrogen and oxygen atoms in total. The van der Waals surface area contributed by atoms with Crippen molar-refractivity contribution in [3.05, 3.63) is 48.0 Å². The van der Waals surface area contributed by atoms with Gasteiger partial charge in [0.2, 0.25) is 0 Å². The molecule has 5 heteroatoms. The van der Waals surface area contributed by atoms with Gasteiger partial charge in [-0.1, -0.05) is 24.8 Å². The van der Waals surface area contributed by atoms with Gasteiger partial charge < -0.3 is 10.5 Å². The van der Waals surface area contributed by atoms with Crippen molar-refractivity contribution < 1.29 is 13.5 Å². The zero-order valence-corrected chi connectivity index (χ0v) is 11.8. The molecule has 20 heavy (non-hydrogen) atoms. The molecule has 0 saturated carbocycles. The van der Waals surface area contributed by atoms with E-state index in [0.717, 1.165) is 36.4 Å². The van der Waals surface area contributed by atoms with Crippen LogP contribution in [0.5, 0.6) is 5.75 Å². The zero-order valence-electron chi connectivity index (χ0n) is 11.0. The Hall–Kier alpha value is -1.75. The Balaban J connectivity index is 2.27. The van der Waals surface area contributed by atoms with Crippen LogP contribution < -0.4 is 10.5 Å². The molecule has 0 aromatic heterocycles. The lowest BCUT2D eigenvalue weighted by atomic mass is 10.3. The third-order valence-corrected chi connectivity index (χ3v) is 3.71. The van der Waals surface area contributed by atoms with Crippen molar-refractivity contribution in [3.63, 3.8) is 0 Å². The number of benzene rings is 2. The van der Waals surface area contributed by atoms with Crippen LogP contribution in [0.25, 0.3) is 0 Å². The van der Waals surface area contributed by atoms with Crippen LogP contribution in [0.4, 0.5) is 14.5 Å². The lowest BCUT2D eigenvalue weighted by molar-refractivity contribution is 0.318. The van der Waals surface area contributed by atoms with Gasteiger partial charge in [-0.25, -0.2) is 8.78 Å². The van der Waals surface area contributed by atoms with Gasteiger partial charge in [-0.2, -0.15) is 0 Å². The average molecular weight is 295 g/mol. The molecule has 2 N–H and O–H groups in total. The van der Waals surface area contributed by atoms with Crippen LogP contribution in [-0.2, 0) is 0 Å². The van der Waals surface area contributed by atoms with E-state index in [1.54, 1.807) is 18.2 Å². The summed E-state index contributed by atoms with van der Waals surface area (Å²) in [6, 6.07) is 8.63. The minimum atomic E-state index is -0.481. The number of halogens is 2. The summed E-state index contributed by atoms with van der Waals surface area (Å²) in [7, 11) is 0. The van der Waals surface area contributed by atoms with Crippen molar-refractivity contribution in [2.75, 3.05) is 12.3 Å². The second-order valence-electron chi connectivity index (χ2n) is 4.19. The van der Waals surface area contributed by atoms with Crippen molar-refractivity contribution in [2.45, 2.75) is 23.1 Å². The van der Waals surface area contributed by atoms with E-state index in [1.807, 2.05) is 6.92 Å². The molecule has 0 radical (unpaired) electrons. The first-order valence-corrected chi connectivity index (χ1v) is 7.07. The zero-order chi connectivity index (χ0) is 14.5. The fourth-order valence-electron chi connectivity index (χ4n) is 1.62. The van der Waals surface area contributed by atoms with E-state index < -0.39 is 11.6 Å². The van der Waals surface area contributed by atoms with Gasteiger partial charge in [0, 0.05) is 4.90 Å². The second kappa shape index (κ2) is 6.61. The predicted molar refractivity (Wildman–Crippen MR) is 77.1 cm³/mol. The average Bonchev–Trinajstić information content (AvgIpc) is 2.44. The van der Waals surface area contributed by atoms with E-state index in [-0.39, 0.29) is 4.90 Å². The summed E-state index contributed by atoms with van der Waals surface area (Å²) in [4.78, 5) is 0.840. The molecular formula is C15H15F2NOS. The van der Waals surface area contributed by atoms with Gasteiger partial charge in [0.05, 0.1) is 17.2 Å². The Morgan fingerprint density at radius 1 is 1.15 bits per heavy atom. The summed E-state index contributed by atoms with van der Waals surface area (Å²) in [5.74, 6) is -0.393. The van der Waals surface area contributed by atoms with Gasteiger partial charge in [0.15, 0.2) is 0 Å². The Morgan fingerprint density at radius 3 is 2.70 bits per heavy atom. The Labute approximate surface area is 120 Å². The highest BCUT2D eigenvalue weighted by atomic mass is 32.2. The molecule has 0 fully saturated rings. The van der Waals surface area contributed by atoms with Gasteiger partial charge in [0.25, 0.3) is 0 Å². The number of para-hydroxylation sites is 1. The highest BCUT2D eigenvalue weighted by molar-refractivity contribution is 7.99. The van der Waals surface area contributed by atoms with E-state index in [1.165, 1.54) is 0 Å². The molecule has 0 atom stereocenters. The molecular weight excluding hydrogens is 280 g/mol. The summed E-state index contributed by atoms with van der Waals surface area (Å²) in [6.45, 7) is 2.56. The minimum absolute atomic E-state index is 0.198. The van der Waals surface area contributed by atoms with Crippen LogP contribution in [0, 0.1) is 11.6 Å². The third kappa shape index (κ3) is 3.42. The molecule has 2 rings (SSSR count). The standard InChI is InChI=1S/C15H15F2NOS/c1-2-8-19-12-4-3-5-13(15(12)18)20-14-9-10(16)6-7-11(14)17/h3-7,9H,2,8,18H2,1H3. The van der Waals surface area contributed by atoms with Crippen molar-refractivity contribution in [1.29, 1.82) is 0 Å². The lowest BCUT2D eigenvalue weighted by Gasteiger charge is -2.12. The molecule has 2 aromatic rings. The van der Waals surface area contributed by atoms with Gasteiger partial charge in [-0.15, -0.1) is 0 Å². The summed E-state index contributed by atoms with van der Waals surface area (Å²) in [6.07, 6.45) is 0.870. The lowest BCUT2D eigenvalue weighted by Crippen LogP contribution is -2.00. The van der Waals surface area contributed by atoms with Crippen LogP contribution >= 0.6 is 11.8 Å². The van der Waals surface area contributed by atoms with E-state index in [9.17, 15) is 8.78 Å². The first-order valence-electron chi connectivity index (χ1n) is 6.26. The quantitative estimate of drug-likeness (QED) is 0.826. The molecule has 0 aliphatic carbocycles. The van der Waals surface area contributed by atoms with Gasteiger partial charge in [-0.3, -0.25) is 0 Å². The maximum Gasteiger partial charge on any atom is 0.143 e. The molecule has 2 aromatic carbocycles. The first-order chi connectivity index (χ1) is 9.61. The molecule has 0 spiro atoms. The van der Waals surface area contributed by atoms with Gasteiger partial charge in [0.1, 0.15) is 17.4 Å². The first kappa shape index (κ1) is 14.7. The Kier molecular flexibility index (Phi) is 4.84. The van der Waals surface area contributed by atoms with Gasteiger partial charge in [-0.05, 0) is 36.8 Å². The van der Waals surface area contributed by atoms with Gasteiger partial charge >= 0.3 is 0 Å². The number of nitrogens with two attached hydrogens (primary N) is 1. The summed E-state index contributed by atoms with van der Waals surface area (Å²) >= 11 is 1.08. The third-order valence-electron chi connectivity index (χ3n) is 2.60. The normalized spacial score (nSPS) is 10.6. The molecule has 106 valence electrons. The predicted octanol–water partition coefficient (Wildman–Crippen LogP) is 4.49. The fourth-order valence-corrected chi connectivity index (χ4v) is 2.56. The molecule has 0 bridgehead atoms. The summed E-state index contributed by atoms with van der Waals surface area (Å²) < 4.78 is 32.3. The van der Waals surface area contributed by atoms with Crippen molar-refractivity contribution in [3.8, 4) is 5.75 Å². The van der Waals surface area contributed by atoms with E-state index in [2.05, 4.69) is 0 Å². The maximum atomic E-state index is 13.6. The topological polar surface area (TPSA) is 35.2 Å². The largest absolute Gasteiger partial charge is 0.491 e. The number of anilines is 1. The molecule has 0 aliphatic heterocycles. The van der Waals surface area contributed by atoms with Crippen molar-refractivity contribution in [1.82, 2.24) is 0 Å². The minimum Gasteiger partial charge on any atom is -0.491 e. The monoisotopic (exact) mass is 295 g/mol. The number of rotatable bonds is 5. The number of hydrogen-bond donors (Lipinski definition) is 1. The summed E-state index contributed by atoms with van der Waals surface area (Å²) in [5, 5.41) is 0. The van der Waals surface area contributed by atoms with Crippen LogP contribution in [0.2, 0.25) is 0 Å². The molecule has 0 amide bonds. The van der Waals surface area contributed by atoms with Crippen molar-refractivity contribution in [2.24, 2.45) is 0 Å². The number of nitrogen functional groups attached to an aromatic ring is 1. The van der Waals surface area contributed by atoms with Crippen LogP contribution in [-0.4, -0.2) is 6.61 Å².